The van der Waals surface area contributed by atoms with Gasteiger partial charge in [-0.15, -0.1) is 0 Å². The van der Waals surface area contributed by atoms with Crippen LogP contribution in [0.3, 0.4) is 0 Å². The molecule has 0 spiro atoms. The molecule has 5 rings (SSSR count). The molecule has 0 unspecified atom stereocenters. The lowest BCUT2D eigenvalue weighted by atomic mass is 10.1. The van der Waals surface area contributed by atoms with Gasteiger partial charge in [-0.25, -0.2) is 4.68 Å². The fourth-order valence-electron chi connectivity index (χ4n) is 4.87. The number of benzene rings is 4. The van der Waals surface area contributed by atoms with Crippen molar-refractivity contribution in [1.82, 2.24) is 9.78 Å². The number of nitro groups is 1. The van der Waals surface area contributed by atoms with Crippen LogP contribution in [0.25, 0.3) is 16.9 Å². The summed E-state index contributed by atoms with van der Waals surface area (Å²) in [5.74, 6) is 0.322. The molecule has 5 aromatic rings. The fourth-order valence-corrected chi connectivity index (χ4v) is 4.87. The number of rotatable bonds is 10. The first-order valence-corrected chi connectivity index (χ1v) is 13.7. The third-order valence-electron chi connectivity index (χ3n) is 6.93. The van der Waals surface area contributed by atoms with E-state index < -0.39 is 10.8 Å². The molecule has 9 nitrogen and oxygen atoms in total. The zero-order valence-electron chi connectivity index (χ0n) is 23.7. The molecule has 9 heteroatoms. The number of aromatic nitrogens is 2. The van der Waals surface area contributed by atoms with Crippen molar-refractivity contribution in [3.8, 4) is 28.4 Å². The summed E-state index contributed by atoms with van der Waals surface area (Å²) in [6.45, 7) is 7.63. The standard InChI is InChI=1S/C33H31N5O4/c1-4-36(5-2)27-17-12-18-29(21-27)42-30-20-25(19-28(22-30)38(40)41)34-33(39)31-23(3)37(26-15-10-7-11-16-26)35-32(31)24-13-8-6-9-14-24/h6-22H,4-5H2,1-3H3,(H,34,39). The summed E-state index contributed by atoms with van der Waals surface area (Å²) >= 11 is 0. The molecule has 0 saturated carbocycles. The molecule has 212 valence electrons. The van der Waals surface area contributed by atoms with E-state index in [4.69, 9.17) is 9.84 Å². The van der Waals surface area contributed by atoms with Gasteiger partial charge in [0.15, 0.2) is 0 Å². The Labute approximate surface area is 244 Å². The van der Waals surface area contributed by atoms with Crippen LogP contribution in [-0.4, -0.2) is 33.7 Å². The summed E-state index contributed by atoms with van der Waals surface area (Å²) in [7, 11) is 0. The Bertz CT molecular complexity index is 1710. The number of non-ortho nitro benzene ring substituents is 1. The Morgan fingerprint density at radius 1 is 0.905 bits per heavy atom. The number of hydrogen-bond acceptors (Lipinski definition) is 6. The lowest BCUT2D eigenvalue weighted by Gasteiger charge is -2.21. The van der Waals surface area contributed by atoms with Gasteiger partial charge in [-0.3, -0.25) is 14.9 Å². The second-order valence-electron chi connectivity index (χ2n) is 9.62. The van der Waals surface area contributed by atoms with Crippen molar-refractivity contribution in [3.63, 3.8) is 0 Å². The molecule has 0 radical (unpaired) electrons. The minimum absolute atomic E-state index is 0.206. The van der Waals surface area contributed by atoms with Crippen LogP contribution < -0.4 is 15.0 Å². The molecule has 0 bridgehead atoms. The molecular weight excluding hydrogens is 530 g/mol. The quantitative estimate of drug-likeness (QED) is 0.139. The Kier molecular flexibility index (Phi) is 8.29. The minimum atomic E-state index is -0.511. The van der Waals surface area contributed by atoms with E-state index in [1.807, 2.05) is 85.8 Å². The van der Waals surface area contributed by atoms with Gasteiger partial charge in [-0.1, -0.05) is 54.6 Å². The van der Waals surface area contributed by atoms with E-state index in [0.29, 0.717) is 22.7 Å². The topological polar surface area (TPSA) is 103 Å². The smallest absolute Gasteiger partial charge is 0.275 e. The van der Waals surface area contributed by atoms with E-state index in [0.717, 1.165) is 30.0 Å². The van der Waals surface area contributed by atoms with Gasteiger partial charge in [-0.05, 0) is 45.0 Å². The Morgan fingerprint density at radius 2 is 1.60 bits per heavy atom. The fraction of sp³-hybridized carbons (Fsp3) is 0.152. The molecule has 42 heavy (non-hydrogen) atoms. The highest BCUT2D eigenvalue weighted by atomic mass is 16.6. The molecule has 1 heterocycles. The van der Waals surface area contributed by atoms with Crippen LogP contribution in [0.15, 0.2) is 103 Å². The van der Waals surface area contributed by atoms with Crippen molar-refractivity contribution in [2.75, 3.05) is 23.3 Å². The molecule has 0 saturated heterocycles. The van der Waals surface area contributed by atoms with Crippen LogP contribution in [0, 0.1) is 17.0 Å². The van der Waals surface area contributed by atoms with Gasteiger partial charge >= 0.3 is 0 Å². The molecular formula is C33H31N5O4. The number of carbonyl (C=O) groups is 1. The van der Waals surface area contributed by atoms with E-state index in [1.165, 1.54) is 12.1 Å². The third kappa shape index (κ3) is 6.00. The maximum absolute atomic E-state index is 13.8. The van der Waals surface area contributed by atoms with Crippen molar-refractivity contribution in [2.45, 2.75) is 20.8 Å². The largest absolute Gasteiger partial charge is 0.457 e. The number of amides is 1. The van der Waals surface area contributed by atoms with E-state index in [9.17, 15) is 14.9 Å². The van der Waals surface area contributed by atoms with Crippen LogP contribution in [-0.2, 0) is 0 Å². The van der Waals surface area contributed by atoms with Gasteiger partial charge in [0.1, 0.15) is 17.2 Å². The van der Waals surface area contributed by atoms with Gasteiger partial charge in [-0.2, -0.15) is 5.10 Å². The van der Waals surface area contributed by atoms with E-state index >= 15 is 0 Å². The second kappa shape index (κ2) is 12.4. The van der Waals surface area contributed by atoms with Crippen molar-refractivity contribution in [3.05, 3.63) is 124 Å². The van der Waals surface area contributed by atoms with Gasteiger partial charge in [0.2, 0.25) is 0 Å². The molecule has 0 fully saturated rings. The molecule has 1 N–H and O–H groups in total. The summed E-state index contributed by atoms with van der Waals surface area (Å²) in [6, 6.07) is 30.8. The third-order valence-corrected chi connectivity index (χ3v) is 6.93. The molecule has 0 aliphatic heterocycles. The van der Waals surface area contributed by atoms with E-state index in [2.05, 4.69) is 24.1 Å². The van der Waals surface area contributed by atoms with Crippen molar-refractivity contribution >= 4 is 23.0 Å². The van der Waals surface area contributed by atoms with Crippen LogP contribution >= 0.6 is 0 Å². The Morgan fingerprint density at radius 3 is 2.26 bits per heavy atom. The van der Waals surface area contributed by atoms with Crippen LogP contribution in [0.4, 0.5) is 17.1 Å². The Hall–Kier alpha value is -5.44. The summed E-state index contributed by atoms with van der Waals surface area (Å²) in [5, 5.41) is 19.5. The van der Waals surface area contributed by atoms with Gasteiger partial charge in [0.05, 0.1) is 33.6 Å². The number of anilines is 2. The average molecular weight is 562 g/mol. The monoisotopic (exact) mass is 561 g/mol. The summed E-state index contributed by atoms with van der Waals surface area (Å²) in [5.41, 5.74) is 4.09. The zero-order chi connectivity index (χ0) is 29.6. The number of nitrogens with zero attached hydrogens (tertiary/aromatic N) is 4. The minimum Gasteiger partial charge on any atom is -0.457 e. The summed E-state index contributed by atoms with van der Waals surface area (Å²) in [4.78, 5) is 27.3. The first-order chi connectivity index (χ1) is 20.4. The van der Waals surface area contributed by atoms with Crippen LogP contribution in [0.5, 0.6) is 11.5 Å². The van der Waals surface area contributed by atoms with Gasteiger partial charge < -0.3 is 15.0 Å². The van der Waals surface area contributed by atoms with E-state index in [1.54, 1.807) is 16.8 Å². The highest BCUT2D eigenvalue weighted by Gasteiger charge is 2.24. The first-order valence-electron chi connectivity index (χ1n) is 13.7. The number of ether oxygens (including phenoxy) is 1. The number of nitrogens with one attached hydrogen (secondary N) is 1. The van der Waals surface area contributed by atoms with Crippen molar-refractivity contribution in [1.29, 1.82) is 0 Å². The van der Waals surface area contributed by atoms with Crippen LogP contribution in [0.2, 0.25) is 0 Å². The Balaban J connectivity index is 1.51. The lowest BCUT2D eigenvalue weighted by Crippen LogP contribution is -2.21. The predicted octanol–water partition coefficient (Wildman–Crippen LogP) is 7.65. The average Bonchev–Trinajstić information content (AvgIpc) is 3.36. The number of hydrogen-bond donors (Lipinski definition) is 1. The highest BCUT2D eigenvalue weighted by Crippen LogP contribution is 2.33. The normalized spacial score (nSPS) is 10.7. The van der Waals surface area contributed by atoms with Crippen molar-refractivity contribution < 1.29 is 14.5 Å². The molecule has 0 aliphatic carbocycles. The molecule has 1 amide bonds. The highest BCUT2D eigenvalue weighted by molar-refractivity contribution is 6.09. The first kappa shape index (κ1) is 28.1. The summed E-state index contributed by atoms with van der Waals surface area (Å²) < 4.78 is 7.78. The summed E-state index contributed by atoms with van der Waals surface area (Å²) in [6.07, 6.45) is 0. The second-order valence-corrected chi connectivity index (χ2v) is 9.62. The molecule has 4 aromatic carbocycles. The van der Waals surface area contributed by atoms with Crippen molar-refractivity contribution in [2.24, 2.45) is 0 Å². The van der Waals surface area contributed by atoms with E-state index in [-0.39, 0.29) is 17.1 Å². The maximum Gasteiger partial charge on any atom is 0.275 e. The van der Waals surface area contributed by atoms with Gasteiger partial charge in [0.25, 0.3) is 11.6 Å². The SMILES string of the molecule is CCN(CC)c1cccc(Oc2cc(NC(=O)c3c(-c4ccccc4)nn(-c4ccccc4)c3C)cc([N+](=O)[O-])c2)c1. The molecule has 0 aliphatic rings. The number of carbonyl (C=O) groups excluding carboxylic acids is 1. The molecule has 0 atom stereocenters. The van der Waals surface area contributed by atoms with Gasteiger partial charge in [0, 0.05) is 42.5 Å². The number of para-hydroxylation sites is 1. The predicted molar refractivity (Wildman–Crippen MR) is 165 cm³/mol. The van der Waals surface area contributed by atoms with Crippen LogP contribution in [0.1, 0.15) is 29.9 Å². The lowest BCUT2D eigenvalue weighted by molar-refractivity contribution is -0.384. The number of nitro benzene ring substituents is 1. The zero-order valence-corrected chi connectivity index (χ0v) is 23.7. The molecule has 1 aromatic heterocycles. The maximum atomic E-state index is 13.8.